The van der Waals surface area contributed by atoms with Gasteiger partial charge in [-0.15, -0.1) is 0 Å². The molecule has 0 aromatic carbocycles. The first-order valence-corrected chi connectivity index (χ1v) is 3.19. The molecule has 50 valence electrons. The standard InChI is InChI=1S/C7H10O2/c1-2-6-4-3-5-7(8)9-6/h3-4,6H,2,5H2,1H3. The van der Waals surface area contributed by atoms with Crippen LogP contribution in [0.25, 0.3) is 0 Å². The molecule has 2 heteroatoms. The maximum atomic E-state index is 10.6. The van der Waals surface area contributed by atoms with Crippen LogP contribution in [0.1, 0.15) is 19.8 Å². The zero-order valence-corrected chi connectivity index (χ0v) is 5.46. The summed E-state index contributed by atoms with van der Waals surface area (Å²) in [6.07, 6.45) is 5.14. The van der Waals surface area contributed by atoms with Crippen molar-refractivity contribution in [2.45, 2.75) is 25.9 Å². The molecule has 0 amide bonds. The van der Waals surface area contributed by atoms with Crippen LogP contribution in [0, 0.1) is 0 Å². The van der Waals surface area contributed by atoms with Crippen molar-refractivity contribution in [3.05, 3.63) is 12.2 Å². The van der Waals surface area contributed by atoms with E-state index in [9.17, 15) is 4.79 Å². The van der Waals surface area contributed by atoms with Crippen LogP contribution in [0.3, 0.4) is 0 Å². The van der Waals surface area contributed by atoms with E-state index in [-0.39, 0.29) is 12.1 Å². The third-order valence-corrected chi connectivity index (χ3v) is 1.32. The molecular weight excluding hydrogens is 116 g/mol. The Labute approximate surface area is 54.5 Å². The molecular formula is C7H10O2. The Balaban J connectivity index is 2.49. The molecule has 2 nitrogen and oxygen atoms in total. The molecule has 1 aliphatic rings. The van der Waals surface area contributed by atoms with Gasteiger partial charge in [0.05, 0.1) is 6.42 Å². The SMILES string of the molecule is CCC1C=CCC(=O)O1. The fraction of sp³-hybridized carbons (Fsp3) is 0.571. The second kappa shape index (κ2) is 2.67. The molecule has 0 aromatic heterocycles. The Morgan fingerprint density at radius 2 is 2.67 bits per heavy atom. The van der Waals surface area contributed by atoms with E-state index in [2.05, 4.69) is 0 Å². The lowest BCUT2D eigenvalue weighted by molar-refractivity contribution is -0.146. The molecule has 0 spiro atoms. The van der Waals surface area contributed by atoms with Gasteiger partial charge in [-0.05, 0) is 12.5 Å². The third-order valence-electron chi connectivity index (χ3n) is 1.32. The molecule has 0 N–H and O–H groups in total. The van der Waals surface area contributed by atoms with E-state index in [1.807, 2.05) is 19.1 Å². The summed E-state index contributed by atoms with van der Waals surface area (Å²) in [6.45, 7) is 1.99. The second-order valence-electron chi connectivity index (χ2n) is 2.07. The zero-order chi connectivity index (χ0) is 6.69. The van der Waals surface area contributed by atoms with Crippen molar-refractivity contribution in [2.75, 3.05) is 0 Å². The first kappa shape index (κ1) is 6.33. The van der Waals surface area contributed by atoms with E-state index in [0.29, 0.717) is 6.42 Å². The van der Waals surface area contributed by atoms with Gasteiger partial charge in [0, 0.05) is 0 Å². The summed E-state index contributed by atoms with van der Waals surface area (Å²) in [5.74, 6) is -0.107. The van der Waals surface area contributed by atoms with Crippen molar-refractivity contribution in [1.29, 1.82) is 0 Å². The number of esters is 1. The lowest BCUT2D eigenvalue weighted by atomic mass is 10.2. The smallest absolute Gasteiger partial charge is 0.310 e. The summed E-state index contributed by atoms with van der Waals surface area (Å²) in [5, 5.41) is 0. The molecule has 1 unspecified atom stereocenters. The predicted octanol–water partition coefficient (Wildman–Crippen LogP) is 1.27. The monoisotopic (exact) mass is 126 g/mol. The predicted molar refractivity (Wildman–Crippen MR) is 33.9 cm³/mol. The molecule has 9 heavy (non-hydrogen) atoms. The van der Waals surface area contributed by atoms with E-state index < -0.39 is 0 Å². The van der Waals surface area contributed by atoms with Crippen molar-refractivity contribution in [1.82, 2.24) is 0 Å². The van der Waals surface area contributed by atoms with E-state index in [1.165, 1.54) is 0 Å². The van der Waals surface area contributed by atoms with Gasteiger partial charge in [-0.3, -0.25) is 4.79 Å². The van der Waals surface area contributed by atoms with E-state index in [4.69, 9.17) is 4.74 Å². The Hall–Kier alpha value is -0.790. The lowest BCUT2D eigenvalue weighted by Gasteiger charge is -2.14. The van der Waals surface area contributed by atoms with Gasteiger partial charge in [0.2, 0.25) is 0 Å². The van der Waals surface area contributed by atoms with Crippen LogP contribution in [0.15, 0.2) is 12.2 Å². The maximum absolute atomic E-state index is 10.6. The van der Waals surface area contributed by atoms with Gasteiger partial charge < -0.3 is 4.74 Å². The first-order valence-electron chi connectivity index (χ1n) is 3.19. The largest absolute Gasteiger partial charge is 0.458 e. The Morgan fingerprint density at radius 1 is 1.89 bits per heavy atom. The van der Waals surface area contributed by atoms with Gasteiger partial charge in [0.1, 0.15) is 6.10 Å². The van der Waals surface area contributed by atoms with Crippen LogP contribution in [0.2, 0.25) is 0 Å². The number of cyclic esters (lactones) is 1. The topological polar surface area (TPSA) is 26.3 Å². The van der Waals surface area contributed by atoms with Crippen LogP contribution in [0.4, 0.5) is 0 Å². The molecule has 0 aliphatic carbocycles. The quantitative estimate of drug-likeness (QED) is 0.390. The summed E-state index contributed by atoms with van der Waals surface area (Å²) in [6, 6.07) is 0. The van der Waals surface area contributed by atoms with Crippen LogP contribution < -0.4 is 0 Å². The number of rotatable bonds is 1. The molecule has 0 saturated carbocycles. The van der Waals surface area contributed by atoms with Crippen LogP contribution in [0.5, 0.6) is 0 Å². The van der Waals surface area contributed by atoms with Gasteiger partial charge in [0.25, 0.3) is 0 Å². The number of carbonyl (C=O) groups excluding carboxylic acids is 1. The number of hydrogen-bond acceptors (Lipinski definition) is 2. The van der Waals surface area contributed by atoms with Crippen molar-refractivity contribution in [3.8, 4) is 0 Å². The average Bonchev–Trinajstić information content (AvgIpc) is 1.88. The number of carbonyl (C=O) groups is 1. The van der Waals surface area contributed by atoms with E-state index >= 15 is 0 Å². The van der Waals surface area contributed by atoms with Crippen molar-refractivity contribution >= 4 is 5.97 Å². The number of hydrogen-bond donors (Lipinski definition) is 0. The minimum atomic E-state index is -0.107. The van der Waals surface area contributed by atoms with Crippen LogP contribution in [-0.2, 0) is 9.53 Å². The highest BCUT2D eigenvalue weighted by Crippen LogP contribution is 2.07. The van der Waals surface area contributed by atoms with Gasteiger partial charge in [-0.25, -0.2) is 0 Å². The molecule has 1 aliphatic heterocycles. The summed E-state index contributed by atoms with van der Waals surface area (Å²) in [4.78, 5) is 10.6. The van der Waals surface area contributed by atoms with Crippen molar-refractivity contribution in [2.24, 2.45) is 0 Å². The molecule has 1 heterocycles. The summed E-state index contributed by atoms with van der Waals surface area (Å²) in [7, 11) is 0. The second-order valence-corrected chi connectivity index (χ2v) is 2.07. The molecule has 1 atom stereocenters. The van der Waals surface area contributed by atoms with Crippen molar-refractivity contribution in [3.63, 3.8) is 0 Å². The Bertz CT molecular complexity index is 138. The van der Waals surface area contributed by atoms with Gasteiger partial charge in [0.15, 0.2) is 0 Å². The summed E-state index contributed by atoms with van der Waals surface area (Å²) >= 11 is 0. The van der Waals surface area contributed by atoms with E-state index in [0.717, 1.165) is 6.42 Å². The normalized spacial score (nSPS) is 25.9. The minimum Gasteiger partial charge on any atom is -0.458 e. The van der Waals surface area contributed by atoms with Crippen LogP contribution in [-0.4, -0.2) is 12.1 Å². The molecule has 0 bridgehead atoms. The van der Waals surface area contributed by atoms with Gasteiger partial charge in [-0.1, -0.05) is 13.0 Å². The Morgan fingerprint density at radius 3 is 3.11 bits per heavy atom. The molecule has 0 fully saturated rings. The molecule has 0 aromatic rings. The summed E-state index contributed by atoms with van der Waals surface area (Å²) < 4.78 is 4.91. The highest BCUT2D eigenvalue weighted by molar-refractivity contribution is 5.72. The van der Waals surface area contributed by atoms with Gasteiger partial charge >= 0.3 is 5.97 Å². The van der Waals surface area contributed by atoms with Gasteiger partial charge in [-0.2, -0.15) is 0 Å². The first-order chi connectivity index (χ1) is 4.33. The molecule has 0 radical (unpaired) electrons. The molecule has 0 saturated heterocycles. The summed E-state index contributed by atoms with van der Waals surface area (Å²) in [5.41, 5.74) is 0. The minimum absolute atomic E-state index is 0.0336. The average molecular weight is 126 g/mol. The van der Waals surface area contributed by atoms with Crippen molar-refractivity contribution < 1.29 is 9.53 Å². The maximum Gasteiger partial charge on any atom is 0.310 e. The highest BCUT2D eigenvalue weighted by Gasteiger charge is 2.11. The Kier molecular flexibility index (Phi) is 1.88. The fourth-order valence-electron chi connectivity index (χ4n) is 0.792. The number of ether oxygens (including phenoxy) is 1. The highest BCUT2D eigenvalue weighted by atomic mass is 16.5. The fourth-order valence-corrected chi connectivity index (χ4v) is 0.792. The zero-order valence-electron chi connectivity index (χ0n) is 5.46. The van der Waals surface area contributed by atoms with Crippen LogP contribution >= 0.6 is 0 Å². The lowest BCUT2D eigenvalue weighted by Crippen LogP contribution is -2.17. The third kappa shape index (κ3) is 1.56. The molecule has 1 rings (SSSR count). The van der Waals surface area contributed by atoms with E-state index in [1.54, 1.807) is 0 Å².